The first kappa shape index (κ1) is 11.9. The number of hydrogen-bond donors (Lipinski definition) is 2. The van der Waals surface area contributed by atoms with Gasteiger partial charge in [-0.25, -0.2) is 0 Å². The quantitative estimate of drug-likeness (QED) is 0.759. The van der Waals surface area contributed by atoms with E-state index in [1.165, 1.54) is 0 Å². The average Bonchev–Trinajstić information content (AvgIpc) is 2.85. The lowest BCUT2D eigenvalue weighted by atomic mass is 10.1. The molecule has 3 aromatic rings. The molecule has 4 nitrogen and oxygen atoms in total. The van der Waals surface area contributed by atoms with Crippen LogP contribution in [0, 0.1) is 0 Å². The first-order valence-corrected chi connectivity index (χ1v) is 6.51. The number of nitrogens with one attached hydrogen (secondary N) is 2. The molecule has 2 aromatic heterocycles. The van der Waals surface area contributed by atoms with Gasteiger partial charge >= 0.3 is 0 Å². The maximum Gasteiger partial charge on any atom is 0.255 e. The van der Waals surface area contributed by atoms with Crippen molar-refractivity contribution in [2.24, 2.45) is 0 Å². The number of benzene rings is 1. The number of rotatable bonds is 2. The van der Waals surface area contributed by atoms with E-state index in [4.69, 9.17) is 0 Å². The Morgan fingerprint density at radius 1 is 1.21 bits per heavy atom. The Hall–Kier alpha value is -2.14. The zero-order valence-corrected chi connectivity index (χ0v) is 11.4. The van der Waals surface area contributed by atoms with E-state index < -0.39 is 0 Å². The summed E-state index contributed by atoms with van der Waals surface area (Å²) in [6.07, 6.45) is 5.13. The van der Waals surface area contributed by atoms with Gasteiger partial charge in [-0.15, -0.1) is 0 Å². The minimum Gasteiger partial charge on any atom is -0.361 e. The molecule has 0 bridgehead atoms. The van der Waals surface area contributed by atoms with E-state index in [1.807, 2.05) is 24.4 Å². The van der Waals surface area contributed by atoms with Gasteiger partial charge in [0.25, 0.3) is 5.91 Å². The number of aromatic amines is 1. The predicted octanol–water partition coefficient (Wildman–Crippen LogP) is 3.58. The first-order chi connectivity index (χ1) is 9.22. The summed E-state index contributed by atoms with van der Waals surface area (Å²) in [6, 6.07) is 9.32. The molecule has 1 amide bonds. The van der Waals surface area contributed by atoms with E-state index in [-0.39, 0.29) is 5.91 Å². The summed E-state index contributed by atoms with van der Waals surface area (Å²) in [5.41, 5.74) is 2.21. The number of aromatic nitrogens is 2. The lowest BCUT2D eigenvalue weighted by Crippen LogP contribution is -2.11. The molecule has 0 radical (unpaired) electrons. The Kier molecular flexibility index (Phi) is 3.05. The highest BCUT2D eigenvalue weighted by atomic mass is 79.9. The van der Waals surface area contributed by atoms with E-state index in [0.29, 0.717) is 11.3 Å². The van der Waals surface area contributed by atoms with Crippen molar-refractivity contribution in [3.05, 3.63) is 59.0 Å². The molecule has 0 atom stereocenters. The van der Waals surface area contributed by atoms with Crippen LogP contribution in [-0.2, 0) is 0 Å². The van der Waals surface area contributed by atoms with Crippen LogP contribution in [0.15, 0.2) is 53.4 Å². The second kappa shape index (κ2) is 4.85. The number of nitrogens with zero attached hydrogens (tertiary/aromatic N) is 1. The molecule has 0 aliphatic rings. The molecule has 0 aliphatic carbocycles. The van der Waals surface area contributed by atoms with Gasteiger partial charge in [-0.3, -0.25) is 9.78 Å². The van der Waals surface area contributed by atoms with Gasteiger partial charge in [0.2, 0.25) is 0 Å². The van der Waals surface area contributed by atoms with Crippen molar-refractivity contribution in [2.45, 2.75) is 0 Å². The normalized spacial score (nSPS) is 10.6. The van der Waals surface area contributed by atoms with E-state index in [2.05, 4.69) is 31.2 Å². The van der Waals surface area contributed by atoms with Gasteiger partial charge in [0.15, 0.2) is 0 Å². The first-order valence-electron chi connectivity index (χ1n) is 5.71. The van der Waals surface area contributed by atoms with Crippen molar-refractivity contribution in [1.82, 2.24) is 9.97 Å². The number of halogens is 1. The summed E-state index contributed by atoms with van der Waals surface area (Å²) in [5, 5.41) is 3.89. The van der Waals surface area contributed by atoms with Crippen molar-refractivity contribution in [2.75, 3.05) is 5.32 Å². The third-order valence-electron chi connectivity index (χ3n) is 2.78. The highest BCUT2D eigenvalue weighted by Crippen LogP contribution is 2.17. The van der Waals surface area contributed by atoms with Crippen LogP contribution < -0.4 is 5.32 Å². The highest BCUT2D eigenvalue weighted by Gasteiger charge is 2.07. The van der Waals surface area contributed by atoms with Crippen LogP contribution in [0.25, 0.3) is 10.9 Å². The maximum atomic E-state index is 12.1. The zero-order valence-electron chi connectivity index (χ0n) is 9.85. The molecular formula is C14H10BrN3O. The number of hydrogen-bond acceptors (Lipinski definition) is 2. The Morgan fingerprint density at radius 3 is 2.95 bits per heavy atom. The van der Waals surface area contributed by atoms with Crippen LogP contribution in [0.4, 0.5) is 5.69 Å². The molecular weight excluding hydrogens is 306 g/mol. The van der Waals surface area contributed by atoms with Crippen molar-refractivity contribution in [3.8, 4) is 0 Å². The molecule has 0 fully saturated rings. The summed E-state index contributed by atoms with van der Waals surface area (Å²) >= 11 is 3.32. The minimum absolute atomic E-state index is 0.156. The van der Waals surface area contributed by atoms with Crippen molar-refractivity contribution >= 4 is 38.4 Å². The van der Waals surface area contributed by atoms with Gasteiger partial charge in [-0.05, 0) is 45.6 Å². The molecule has 0 aliphatic heterocycles. The number of carbonyl (C=O) groups excluding carboxylic acids is 1. The summed E-state index contributed by atoms with van der Waals surface area (Å²) in [7, 11) is 0. The molecule has 0 unspecified atom stereocenters. The number of amides is 1. The van der Waals surface area contributed by atoms with Gasteiger partial charge in [0.05, 0.1) is 11.9 Å². The maximum absolute atomic E-state index is 12.1. The Bertz CT molecular complexity index is 751. The molecule has 0 saturated carbocycles. The highest BCUT2D eigenvalue weighted by molar-refractivity contribution is 9.10. The van der Waals surface area contributed by atoms with Crippen molar-refractivity contribution in [1.29, 1.82) is 0 Å². The fourth-order valence-electron chi connectivity index (χ4n) is 1.87. The Morgan fingerprint density at radius 2 is 2.11 bits per heavy atom. The summed E-state index contributed by atoms with van der Waals surface area (Å²) in [5.74, 6) is -0.156. The largest absolute Gasteiger partial charge is 0.361 e. The topological polar surface area (TPSA) is 57.8 Å². The lowest BCUT2D eigenvalue weighted by Gasteiger charge is -2.05. The molecule has 2 heterocycles. The Balaban J connectivity index is 1.87. The molecule has 0 saturated heterocycles. The van der Waals surface area contributed by atoms with E-state index >= 15 is 0 Å². The van der Waals surface area contributed by atoms with Crippen LogP contribution in [0.3, 0.4) is 0 Å². The van der Waals surface area contributed by atoms with Crippen molar-refractivity contribution in [3.63, 3.8) is 0 Å². The smallest absolute Gasteiger partial charge is 0.255 e. The molecule has 3 rings (SSSR count). The van der Waals surface area contributed by atoms with Gasteiger partial charge < -0.3 is 10.3 Å². The van der Waals surface area contributed by atoms with Gasteiger partial charge in [-0.2, -0.15) is 0 Å². The van der Waals surface area contributed by atoms with Crippen LogP contribution in [-0.4, -0.2) is 15.9 Å². The average molecular weight is 316 g/mol. The van der Waals surface area contributed by atoms with E-state index in [1.54, 1.807) is 24.5 Å². The number of fused-ring (bicyclic) bond motifs is 1. The summed E-state index contributed by atoms with van der Waals surface area (Å²) in [4.78, 5) is 19.2. The second-order valence-electron chi connectivity index (χ2n) is 4.13. The number of carbonyl (C=O) groups is 1. The van der Waals surface area contributed by atoms with E-state index in [0.717, 1.165) is 15.4 Å². The fraction of sp³-hybridized carbons (Fsp3) is 0. The van der Waals surface area contributed by atoms with E-state index in [9.17, 15) is 4.79 Å². The molecule has 5 heteroatoms. The number of anilines is 1. The third kappa shape index (κ3) is 2.51. The minimum atomic E-state index is -0.156. The van der Waals surface area contributed by atoms with Crippen LogP contribution in [0.1, 0.15) is 10.4 Å². The second-order valence-corrected chi connectivity index (χ2v) is 5.04. The zero-order chi connectivity index (χ0) is 13.2. The Labute approximate surface area is 118 Å². The molecule has 2 N–H and O–H groups in total. The monoisotopic (exact) mass is 315 g/mol. The molecule has 19 heavy (non-hydrogen) atoms. The number of pyridine rings is 1. The summed E-state index contributed by atoms with van der Waals surface area (Å²) in [6.45, 7) is 0. The third-order valence-corrected chi connectivity index (χ3v) is 3.21. The molecule has 0 spiro atoms. The summed E-state index contributed by atoms with van der Waals surface area (Å²) < 4.78 is 0.824. The lowest BCUT2D eigenvalue weighted by molar-refractivity contribution is 0.102. The van der Waals surface area contributed by atoms with Crippen LogP contribution in [0.5, 0.6) is 0 Å². The van der Waals surface area contributed by atoms with Crippen molar-refractivity contribution < 1.29 is 4.79 Å². The van der Waals surface area contributed by atoms with Gasteiger partial charge in [0.1, 0.15) is 0 Å². The number of H-pyrrole nitrogens is 1. The van der Waals surface area contributed by atoms with Gasteiger partial charge in [-0.1, -0.05) is 6.07 Å². The van der Waals surface area contributed by atoms with Gasteiger partial charge in [0, 0.05) is 27.9 Å². The molecule has 1 aromatic carbocycles. The standard InChI is InChI=1S/C14H10BrN3O/c15-11-6-12(8-16-7-11)18-14(19)10-2-1-9-3-4-17-13(9)5-10/h1-8,17H,(H,18,19). The SMILES string of the molecule is O=C(Nc1cncc(Br)c1)c1ccc2cc[nH]c2c1. The van der Waals surface area contributed by atoms with Crippen LogP contribution >= 0.6 is 15.9 Å². The predicted molar refractivity (Wildman–Crippen MR) is 78.2 cm³/mol. The van der Waals surface area contributed by atoms with Crippen LogP contribution in [0.2, 0.25) is 0 Å². The molecule has 94 valence electrons. The fourth-order valence-corrected chi connectivity index (χ4v) is 2.24.